The van der Waals surface area contributed by atoms with Gasteiger partial charge in [0.05, 0.1) is 13.7 Å². The number of amides is 1. The van der Waals surface area contributed by atoms with Crippen LogP contribution in [-0.2, 0) is 18.4 Å². The smallest absolute Gasteiger partial charge is 0.272 e. The van der Waals surface area contributed by atoms with Crippen molar-refractivity contribution in [1.82, 2.24) is 9.88 Å². The fourth-order valence-electron chi connectivity index (χ4n) is 4.17. The van der Waals surface area contributed by atoms with Gasteiger partial charge < -0.3 is 19.5 Å². The molecule has 0 bridgehead atoms. The first-order valence-corrected chi connectivity index (χ1v) is 12.1. The molecular weight excluding hydrogens is 440 g/mol. The number of carbonyl (C=O) groups excluding carboxylic acids is 1. The second-order valence-corrected chi connectivity index (χ2v) is 9.75. The fourth-order valence-corrected chi connectivity index (χ4v) is 4.17. The highest BCUT2D eigenvalue weighted by Crippen LogP contribution is 2.35. The molecule has 0 radical (unpaired) electrons. The third-order valence-electron chi connectivity index (χ3n) is 6.81. The van der Waals surface area contributed by atoms with Crippen LogP contribution in [0.4, 0.5) is 0 Å². The number of hydrogen-bond donors (Lipinski definition) is 1. The number of aromatic nitrogens is 1. The highest BCUT2D eigenvalue weighted by atomic mass is 16.5. The van der Waals surface area contributed by atoms with E-state index < -0.39 is 5.41 Å². The summed E-state index contributed by atoms with van der Waals surface area (Å²) in [6.45, 7) is 7.76. The lowest BCUT2D eigenvalue weighted by Gasteiger charge is -2.39. The molecule has 0 atom stereocenters. The average Bonchev–Trinajstić information content (AvgIpc) is 2.87. The molecule has 6 nitrogen and oxygen atoms in total. The standard InChI is InChI=1S/C29H34N2O4/c1-5-20-6-8-21(9-7-20)18-35-26-11-10-22(14-27(26)34-4)23-16-31(17-23)28(33)25-15-24(12-13-30-25)29(2,3)19-32/h6-15,23,32H,5,16-19H2,1-4H3. The van der Waals surface area contributed by atoms with Gasteiger partial charge in [-0.1, -0.05) is 51.1 Å². The van der Waals surface area contributed by atoms with E-state index in [0.29, 0.717) is 36.9 Å². The molecule has 1 aliphatic rings. The van der Waals surface area contributed by atoms with Gasteiger partial charge in [-0.05, 0) is 52.9 Å². The summed E-state index contributed by atoms with van der Waals surface area (Å²) in [6.07, 6.45) is 2.66. The maximum Gasteiger partial charge on any atom is 0.272 e. The van der Waals surface area contributed by atoms with E-state index in [-0.39, 0.29) is 18.4 Å². The topological polar surface area (TPSA) is 71.9 Å². The van der Waals surface area contributed by atoms with Crippen molar-refractivity contribution in [1.29, 1.82) is 0 Å². The number of benzene rings is 2. The third-order valence-corrected chi connectivity index (χ3v) is 6.81. The molecule has 1 fully saturated rings. The van der Waals surface area contributed by atoms with Gasteiger partial charge in [-0.3, -0.25) is 9.78 Å². The molecule has 35 heavy (non-hydrogen) atoms. The first kappa shape index (κ1) is 24.7. The maximum atomic E-state index is 13.0. The van der Waals surface area contributed by atoms with E-state index in [0.717, 1.165) is 23.1 Å². The van der Waals surface area contributed by atoms with Crippen LogP contribution in [0.5, 0.6) is 11.5 Å². The van der Waals surface area contributed by atoms with Crippen LogP contribution in [0.25, 0.3) is 0 Å². The molecular formula is C29H34N2O4. The van der Waals surface area contributed by atoms with Crippen LogP contribution in [0.15, 0.2) is 60.8 Å². The Morgan fingerprint density at radius 2 is 1.77 bits per heavy atom. The molecule has 1 N–H and O–H groups in total. The van der Waals surface area contributed by atoms with Crippen molar-refractivity contribution in [3.05, 3.63) is 88.7 Å². The van der Waals surface area contributed by atoms with Gasteiger partial charge in [-0.2, -0.15) is 0 Å². The predicted molar refractivity (Wildman–Crippen MR) is 136 cm³/mol. The highest BCUT2D eigenvalue weighted by molar-refractivity contribution is 5.93. The van der Waals surface area contributed by atoms with E-state index in [4.69, 9.17) is 9.47 Å². The summed E-state index contributed by atoms with van der Waals surface area (Å²) in [7, 11) is 1.64. The van der Waals surface area contributed by atoms with Crippen molar-refractivity contribution in [2.45, 2.75) is 45.1 Å². The molecule has 3 aromatic rings. The van der Waals surface area contributed by atoms with Crippen LogP contribution >= 0.6 is 0 Å². The van der Waals surface area contributed by atoms with Gasteiger partial charge >= 0.3 is 0 Å². The van der Waals surface area contributed by atoms with E-state index in [1.165, 1.54) is 5.56 Å². The van der Waals surface area contributed by atoms with Crippen LogP contribution in [-0.4, -0.2) is 47.7 Å². The Labute approximate surface area is 207 Å². The Morgan fingerprint density at radius 3 is 2.43 bits per heavy atom. The molecule has 0 unspecified atom stereocenters. The van der Waals surface area contributed by atoms with Crippen LogP contribution in [0, 0.1) is 0 Å². The Balaban J connectivity index is 1.38. The minimum atomic E-state index is -0.422. The zero-order valence-corrected chi connectivity index (χ0v) is 21.0. The van der Waals surface area contributed by atoms with Crippen molar-refractivity contribution < 1.29 is 19.4 Å². The van der Waals surface area contributed by atoms with E-state index in [1.54, 1.807) is 24.3 Å². The lowest BCUT2D eigenvalue weighted by atomic mass is 9.85. The van der Waals surface area contributed by atoms with E-state index in [1.807, 2.05) is 38.1 Å². The number of aliphatic hydroxyl groups excluding tert-OH is 1. The number of pyridine rings is 1. The number of carbonyl (C=O) groups is 1. The molecule has 1 saturated heterocycles. The Morgan fingerprint density at radius 1 is 1.06 bits per heavy atom. The minimum Gasteiger partial charge on any atom is -0.493 e. The minimum absolute atomic E-state index is 0.00309. The third kappa shape index (κ3) is 5.49. The molecule has 2 aromatic carbocycles. The van der Waals surface area contributed by atoms with Gasteiger partial charge in [-0.25, -0.2) is 0 Å². The van der Waals surface area contributed by atoms with Crippen molar-refractivity contribution in [3.63, 3.8) is 0 Å². The number of methoxy groups -OCH3 is 1. The monoisotopic (exact) mass is 474 g/mol. The van der Waals surface area contributed by atoms with Gasteiger partial charge in [0.25, 0.3) is 5.91 Å². The first-order valence-electron chi connectivity index (χ1n) is 12.1. The number of rotatable bonds is 9. The van der Waals surface area contributed by atoms with Crippen LogP contribution in [0.2, 0.25) is 0 Å². The van der Waals surface area contributed by atoms with Crippen molar-refractivity contribution >= 4 is 5.91 Å². The molecule has 1 aliphatic heterocycles. The predicted octanol–water partition coefficient (Wildman–Crippen LogP) is 4.74. The SMILES string of the molecule is CCc1ccc(COc2ccc(C3CN(C(=O)c4cc(C(C)(C)CO)ccn4)C3)cc2OC)cc1. The van der Waals surface area contributed by atoms with Gasteiger partial charge in [0.15, 0.2) is 11.5 Å². The Bertz CT molecular complexity index is 1170. The van der Waals surface area contributed by atoms with Crippen LogP contribution in [0.3, 0.4) is 0 Å². The van der Waals surface area contributed by atoms with Gasteiger partial charge in [0.1, 0.15) is 12.3 Å². The summed E-state index contributed by atoms with van der Waals surface area (Å²) in [5, 5.41) is 9.64. The summed E-state index contributed by atoms with van der Waals surface area (Å²) in [4.78, 5) is 19.0. The molecule has 1 aromatic heterocycles. The lowest BCUT2D eigenvalue weighted by Crippen LogP contribution is -2.48. The van der Waals surface area contributed by atoms with Gasteiger partial charge in [0, 0.05) is 30.6 Å². The summed E-state index contributed by atoms with van der Waals surface area (Å²) < 4.78 is 11.6. The summed E-state index contributed by atoms with van der Waals surface area (Å²) in [6, 6.07) is 18.1. The maximum absolute atomic E-state index is 13.0. The molecule has 2 heterocycles. The number of hydrogen-bond acceptors (Lipinski definition) is 5. The largest absolute Gasteiger partial charge is 0.493 e. The Hall–Kier alpha value is -3.38. The summed E-state index contributed by atoms with van der Waals surface area (Å²) >= 11 is 0. The Kier molecular flexibility index (Phi) is 7.41. The number of aliphatic hydroxyl groups is 1. The molecule has 184 valence electrons. The van der Waals surface area contributed by atoms with Crippen LogP contribution < -0.4 is 9.47 Å². The number of aryl methyl sites for hydroxylation is 1. The van der Waals surface area contributed by atoms with Crippen LogP contribution in [0.1, 0.15) is 59.4 Å². The summed E-state index contributed by atoms with van der Waals surface area (Å²) in [5.74, 6) is 1.55. The van der Waals surface area contributed by atoms with E-state index >= 15 is 0 Å². The average molecular weight is 475 g/mol. The molecule has 4 rings (SSSR count). The quantitative estimate of drug-likeness (QED) is 0.485. The van der Waals surface area contributed by atoms with E-state index in [2.05, 4.69) is 36.2 Å². The normalized spacial score (nSPS) is 13.9. The number of nitrogens with zero attached hydrogens (tertiary/aromatic N) is 2. The van der Waals surface area contributed by atoms with Gasteiger partial charge in [0.2, 0.25) is 0 Å². The molecule has 0 spiro atoms. The second kappa shape index (κ2) is 10.5. The zero-order chi connectivity index (χ0) is 25.0. The molecule has 0 saturated carbocycles. The molecule has 1 amide bonds. The zero-order valence-electron chi connectivity index (χ0n) is 21.0. The number of ether oxygens (including phenoxy) is 2. The molecule has 0 aliphatic carbocycles. The molecule has 6 heteroatoms. The summed E-state index contributed by atoms with van der Waals surface area (Å²) in [5.41, 5.74) is 4.43. The second-order valence-electron chi connectivity index (χ2n) is 9.75. The fraction of sp³-hybridized carbons (Fsp3) is 0.379. The van der Waals surface area contributed by atoms with Crippen molar-refractivity contribution in [2.24, 2.45) is 0 Å². The van der Waals surface area contributed by atoms with E-state index in [9.17, 15) is 9.90 Å². The van der Waals surface area contributed by atoms with Crippen molar-refractivity contribution in [3.8, 4) is 11.5 Å². The lowest BCUT2D eigenvalue weighted by molar-refractivity contribution is 0.0595. The highest BCUT2D eigenvalue weighted by Gasteiger charge is 2.34. The van der Waals surface area contributed by atoms with Gasteiger partial charge in [-0.15, -0.1) is 0 Å². The van der Waals surface area contributed by atoms with Crippen molar-refractivity contribution in [2.75, 3.05) is 26.8 Å². The first-order chi connectivity index (χ1) is 16.8. The number of likely N-dealkylation sites (tertiary alicyclic amines) is 1.